The monoisotopic (exact) mass is 519 g/mol. The van der Waals surface area contributed by atoms with Gasteiger partial charge in [0.2, 0.25) is 5.78 Å². The Morgan fingerprint density at radius 3 is 2.26 bits per heavy atom. The number of fused-ring (bicyclic) bond motifs is 6. The molecule has 0 bridgehead atoms. The van der Waals surface area contributed by atoms with Crippen molar-refractivity contribution < 1.29 is 18.8 Å². The second-order valence-electron chi connectivity index (χ2n) is 11.3. The van der Waals surface area contributed by atoms with Crippen LogP contribution in [0.4, 0.5) is 0 Å². The molecule has 0 N–H and O–H groups in total. The molecule has 4 aromatic rings. The molecule has 5 nitrogen and oxygen atoms in total. The molecule has 0 unspecified atom stereocenters. The van der Waals surface area contributed by atoms with E-state index >= 15 is 0 Å². The first kappa shape index (κ1) is 25.3. The topological polar surface area (TPSA) is 68.9 Å². The number of hydrogen-bond acceptors (Lipinski definition) is 5. The fourth-order valence-electron chi connectivity index (χ4n) is 6.36. The highest BCUT2D eigenvalue weighted by Gasteiger charge is 2.45. The molecule has 1 saturated carbocycles. The van der Waals surface area contributed by atoms with Gasteiger partial charge in [-0.2, -0.15) is 0 Å². The smallest absolute Gasteiger partial charge is 0.331 e. The number of hydrogen-bond donors (Lipinski definition) is 0. The van der Waals surface area contributed by atoms with Crippen molar-refractivity contribution in [3.63, 3.8) is 0 Å². The van der Waals surface area contributed by atoms with Crippen molar-refractivity contribution in [2.45, 2.75) is 64.7 Å². The number of furan rings is 1. The molecule has 0 aliphatic heterocycles. The molecule has 5 heteroatoms. The number of oxime groups is 1. The van der Waals surface area contributed by atoms with Crippen LogP contribution in [0.15, 0.2) is 76.3 Å². The minimum atomic E-state index is -0.417. The van der Waals surface area contributed by atoms with Gasteiger partial charge in [0, 0.05) is 23.3 Å². The maximum atomic E-state index is 13.5. The van der Waals surface area contributed by atoms with Crippen molar-refractivity contribution in [1.82, 2.24) is 0 Å². The van der Waals surface area contributed by atoms with Crippen LogP contribution in [0, 0.1) is 5.92 Å². The molecular weight excluding hydrogens is 486 g/mol. The number of benzene rings is 3. The summed E-state index contributed by atoms with van der Waals surface area (Å²) in [5.74, 6) is 0.365. The largest absolute Gasteiger partial charge is 0.453 e. The predicted molar refractivity (Wildman–Crippen MR) is 153 cm³/mol. The van der Waals surface area contributed by atoms with Gasteiger partial charge in [0.1, 0.15) is 5.58 Å². The molecule has 0 amide bonds. The molecule has 3 aromatic carbocycles. The SMILES string of the molecule is CC(=O)ON=C(CCC(C)C)c1ccc2c(c1)C1(CCCC1)c1cc(C(=O)c3cc4ccccc4o3)ccc1-2. The Labute approximate surface area is 228 Å². The van der Waals surface area contributed by atoms with Gasteiger partial charge in [-0.25, -0.2) is 4.79 Å². The predicted octanol–water partition coefficient (Wildman–Crippen LogP) is 8.21. The van der Waals surface area contributed by atoms with Crippen molar-refractivity contribution in [3.05, 3.63) is 94.7 Å². The Bertz CT molecular complexity index is 1580. The molecule has 0 saturated heterocycles. The summed E-state index contributed by atoms with van der Waals surface area (Å²) in [7, 11) is 0. The van der Waals surface area contributed by atoms with Gasteiger partial charge in [-0.15, -0.1) is 0 Å². The van der Waals surface area contributed by atoms with E-state index in [4.69, 9.17) is 9.25 Å². The first-order valence-electron chi connectivity index (χ1n) is 13.9. The van der Waals surface area contributed by atoms with Crippen LogP contribution in [0.2, 0.25) is 0 Å². The summed E-state index contributed by atoms with van der Waals surface area (Å²) in [5, 5.41) is 5.18. The zero-order valence-corrected chi connectivity index (χ0v) is 22.8. The Kier molecular flexibility index (Phi) is 6.46. The molecule has 0 atom stereocenters. The molecule has 0 radical (unpaired) electrons. The van der Waals surface area contributed by atoms with Crippen LogP contribution in [0.5, 0.6) is 0 Å². The molecule has 2 aliphatic carbocycles. The minimum Gasteiger partial charge on any atom is -0.453 e. The average Bonchev–Trinajstić information content (AvgIpc) is 3.65. The number of rotatable bonds is 7. The fraction of sp³-hybridized carbons (Fsp3) is 0.324. The maximum absolute atomic E-state index is 13.5. The second kappa shape index (κ2) is 9.96. The molecule has 1 heterocycles. The molecular formula is C34H33NO4. The lowest BCUT2D eigenvalue weighted by Gasteiger charge is -2.27. The maximum Gasteiger partial charge on any atom is 0.331 e. The highest BCUT2D eigenvalue weighted by atomic mass is 16.7. The van der Waals surface area contributed by atoms with Crippen LogP contribution in [0.3, 0.4) is 0 Å². The molecule has 39 heavy (non-hydrogen) atoms. The van der Waals surface area contributed by atoms with Crippen LogP contribution in [-0.4, -0.2) is 17.5 Å². The second-order valence-corrected chi connectivity index (χ2v) is 11.3. The van der Waals surface area contributed by atoms with E-state index in [9.17, 15) is 9.59 Å². The first-order valence-corrected chi connectivity index (χ1v) is 13.9. The number of nitrogens with zero attached hydrogens (tertiary/aromatic N) is 1. The Balaban J connectivity index is 1.40. The molecule has 1 fully saturated rings. The number of para-hydroxylation sites is 1. The van der Waals surface area contributed by atoms with Crippen molar-refractivity contribution >= 4 is 28.4 Å². The van der Waals surface area contributed by atoms with E-state index in [1.54, 1.807) is 0 Å². The van der Waals surface area contributed by atoms with Gasteiger partial charge in [0.15, 0.2) is 5.76 Å². The van der Waals surface area contributed by atoms with E-state index in [-0.39, 0.29) is 11.2 Å². The zero-order valence-electron chi connectivity index (χ0n) is 22.8. The summed E-state index contributed by atoms with van der Waals surface area (Å²) < 4.78 is 5.91. The van der Waals surface area contributed by atoms with Gasteiger partial charge in [0.05, 0.1) is 5.71 Å². The number of carbonyl (C=O) groups excluding carboxylic acids is 2. The third kappa shape index (κ3) is 4.50. The Morgan fingerprint density at radius 1 is 0.923 bits per heavy atom. The van der Waals surface area contributed by atoms with E-state index in [0.29, 0.717) is 17.2 Å². The van der Waals surface area contributed by atoms with Gasteiger partial charge >= 0.3 is 5.97 Å². The van der Waals surface area contributed by atoms with Crippen LogP contribution in [-0.2, 0) is 15.0 Å². The molecule has 1 aromatic heterocycles. The van der Waals surface area contributed by atoms with Crippen LogP contribution in [0.1, 0.15) is 92.1 Å². The summed E-state index contributed by atoms with van der Waals surface area (Å²) >= 11 is 0. The standard InChI is InChI=1S/C34H33NO4/c1-21(2)10-15-30(35-39-22(3)36)23-11-13-26-27-14-12-25(19-29(27)34(28(26)18-23)16-6-7-17-34)33(37)32-20-24-8-4-5-9-31(24)38-32/h4-5,8-9,11-14,18-21H,6-7,10,15-17H2,1-3H3. The van der Waals surface area contributed by atoms with Crippen LogP contribution in [0.25, 0.3) is 22.1 Å². The molecule has 2 aliphatic rings. The summed E-state index contributed by atoms with van der Waals surface area (Å²) in [6.07, 6.45) is 6.07. The first-order chi connectivity index (χ1) is 18.9. The third-order valence-corrected chi connectivity index (χ3v) is 8.31. The summed E-state index contributed by atoms with van der Waals surface area (Å²) in [4.78, 5) is 30.2. The average molecular weight is 520 g/mol. The number of carbonyl (C=O) groups is 2. The molecule has 6 rings (SSSR count). The van der Waals surface area contributed by atoms with Gasteiger partial charge in [-0.3, -0.25) is 4.79 Å². The van der Waals surface area contributed by atoms with Crippen molar-refractivity contribution in [3.8, 4) is 11.1 Å². The van der Waals surface area contributed by atoms with Crippen molar-refractivity contribution in [1.29, 1.82) is 0 Å². The highest BCUT2D eigenvalue weighted by molar-refractivity contribution is 6.09. The van der Waals surface area contributed by atoms with Crippen LogP contribution < -0.4 is 0 Å². The summed E-state index contributed by atoms with van der Waals surface area (Å²) in [6, 6.07) is 22.2. The highest BCUT2D eigenvalue weighted by Crippen LogP contribution is 2.57. The van der Waals surface area contributed by atoms with Crippen LogP contribution >= 0.6 is 0 Å². The summed E-state index contributed by atoms with van der Waals surface area (Å²) in [6.45, 7) is 5.74. The molecule has 1 spiro atoms. The quantitative estimate of drug-likeness (QED) is 0.107. The fourth-order valence-corrected chi connectivity index (χ4v) is 6.36. The van der Waals surface area contributed by atoms with E-state index in [1.165, 1.54) is 29.2 Å². The van der Waals surface area contributed by atoms with Gasteiger partial charge in [0.25, 0.3) is 0 Å². The number of ketones is 1. The van der Waals surface area contributed by atoms with E-state index in [0.717, 1.165) is 60.8 Å². The lowest BCUT2D eigenvalue weighted by molar-refractivity contribution is -0.140. The van der Waals surface area contributed by atoms with E-state index in [1.807, 2.05) is 36.4 Å². The van der Waals surface area contributed by atoms with Crippen molar-refractivity contribution in [2.24, 2.45) is 11.1 Å². The van der Waals surface area contributed by atoms with Gasteiger partial charge in [-0.05, 0) is 83.7 Å². The van der Waals surface area contributed by atoms with E-state index < -0.39 is 5.97 Å². The lowest BCUT2D eigenvalue weighted by atomic mass is 9.75. The minimum absolute atomic E-state index is 0.0942. The lowest BCUT2D eigenvalue weighted by Crippen LogP contribution is -2.21. The van der Waals surface area contributed by atoms with Gasteiger partial charge in [-0.1, -0.05) is 74.3 Å². The normalized spacial score (nSPS) is 15.6. The summed E-state index contributed by atoms with van der Waals surface area (Å²) in [5.41, 5.74) is 7.97. The van der Waals surface area contributed by atoms with E-state index in [2.05, 4.69) is 49.3 Å². The molecule has 198 valence electrons. The van der Waals surface area contributed by atoms with Gasteiger partial charge < -0.3 is 9.25 Å². The third-order valence-electron chi connectivity index (χ3n) is 8.31. The van der Waals surface area contributed by atoms with Crippen molar-refractivity contribution in [2.75, 3.05) is 0 Å². The Hall–Kier alpha value is -3.99. The Morgan fingerprint density at radius 2 is 1.59 bits per heavy atom. The zero-order chi connectivity index (χ0) is 27.1.